The number of alkyl halides is 3. The van der Waals surface area contributed by atoms with Gasteiger partial charge in [-0.05, 0) is 13.0 Å². The van der Waals surface area contributed by atoms with Crippen LogP contribution in [-0.2, 0) is 0 Å². The Labute approximate surface area is 95.5 Å². The third kappa shape index (κ3) is 4.29. The topological polar surface area (TPSA) is 62.2 Å². The molecule has 0 bridgehead atoms. The maximum Gasteiger partial charge on any atom is 0.391 e. The first kappa shape index (κ1) is 13.3. The summed E-state index contributed by atoms with van der Waals surface area (Å²) >= 11 is 0. The number of rotatable bonds is 4. The predicted molar refractivity (Wildman–Crippen MR) is 55.0 cm³/mol. The number of nitrogens with one attached hydrogen (secondary N) is 1. The molecule has 0 saturated carbocycles. The molecule has 0 saturated heterocycles. The lowest BCUT2D eigenvalue weighted by Gasteiger charge is -2.17. The van der Waals surface area contributed by atoms with E-state index >= 15 is 0 Å². The molecule has 0 spiro atoms. The summed E-state index contributed by atoms with van der Waals surface area (Å²) in [6, 6.07) is 0.423. The van der Waals surface area contributed by atoms with Gasteiger partial charge in [0.25, 0.3) is 0 Å². The molecular weight excluding hydrogens is 237 g/mol. The van der Waals surface area contributed by atoms with Crippen molar-refractivity contribution in [2.24, 2.45) is 0 Å². The number of hydrogen-bond acceptors (Lipinski definition) is 3. The minimum Gasteiger partial charge on any atom is -0.478 e. The summed E-state index contributed by atoms with van der Waals surface area (Å²) in [4.78, 5) is 14.4. The summed E-state index contributed by atoms with van der Waals surface area (Å²) in [6.45, 7) is 1.33. The van der Waals surface area contributed by atoms with Crippen LogP contribution >= 0.6 is 0 Å². The van der Waals surface area contributed by atoms with Crippen molar-refractivity contribution in [1.29, 1.82) is 0 Å². The highest BCUT2D eigenvalue weighted by Gasteiger charge is 2.30. The van der Waals surface area contributed by atoms with Crippen LogP contribution in [0.1, 0.15) is 23.7 Å². The molecule has 1 rings (SSSR count). The second-order valence-electron chi connectivity index (χ2n) is 3.59. The summed E-state index contributed by atoms with van der Waals surface area (Å²) in [5, 5.41) is 11.3. The highest BCUT2D eigenvalue weighted by molar-refractivity contribution is 5.93. The molecule has 1 heterocycles. The summed E-state index contributed by atoms with van der Waals surface area (Å²) in [5.74, 6) is -1.24. The van der Waals surface area contributed by atoms with E-state index in [2.05, 4.69) is 10.3 Å². The molecule has 0 fully saturated rings. The quantitative estimate of drug-likeness (QED) is 0.859. The van der Waals surface area contributed by atoms with Gasteiger partial charge in [-0.25, -0.2) is 4.79 Å². The van der Waals surface area contributed by atoms with Crippen molar-refractivity contribution in [3.8, 4) is 0 Å². The van der Waals surface area contributed by atoms with Crippen molar-refractivity contribution in [3.63, 3.8) is 0 Å². The molecule has 1 aromatic rings. The molecule has 0 aliphatic heterocycles. The molecule has 0 aliphatic rings. The van der Waals surface area contributed by atoms with Gasteiger partial charge in [0.1, 0.15) is 5.56 Å². The van der Waals surface area contributed by atoms with Crippen LogP contribution in [0.5, 0.6) is 0 Å². The Bertz CT molecular complexity index is 407. The number of anilines is 1. The van der Waals surface area contributed by atoms with Gasteiger partial charge in [0.15, 0.2) is 0 Å². The Kier molecular flexibility index (Phi) is 3.93. The van der Waals surface area contributed by atoms with Crippen LogP contribution in [0, 0.1) is 0 Å². The average Bonchev–Trinajstić information content (AvgIpc) is 2.14. The first-order valence-electron chi connectivity index (χ1n) is 4.80. The molecule has 1 unspecified atom stereocenters. The zero-order valence-corrected chi connectivity index (χ0v) is 8.95. The van der Waals surface area contributed by atoms with Crippen molar-refractivity contribution < 1.29 is 23.1 Å². The van der Waals surface area contributed by atoms with Gasteiger partial charge in [0.05, 0.1) is 12.1 Å². The second kappa shape index (κ2) is 5.03. The molecule has 1 aromatic heterocycles. The maximum atomic E-state index is 12.1. The molecule has 1 atom stereocenters. The van der Waals surface area contributed by atoms with E-state index in [-0.39, 0.29) is 11.3 Å². The molecule has 94 valence electrons. The van der Waals surface area contributed by atoms with Gasteiger partial charge >= 0.3 is 12.1 Å². The van der Waals surface area contributed by atoms with Gasteiger partial charge < -0.3 is 10.4 Å². The van der Waals surface area contributed by atoms with Crippen LogP contribution in [-0.4, -0.2) is 28.3 Å². The molecule has 17 heavy (non-hydrogen) atoms. The fourth-order valence-electron chi connectivity index (χ4n) is 1.35. The van der Waals surface area contributed by atoms with Crippen LogP contribution < -0.4 is 5.32 Å². The highest BCUT2D eigenvalue weighted by Crippen LogP contribution is 2.24. The van der Waals surface area contributed by atoms with E-state index in [4.69, 9.17) is 5.11 Å². The van der Waals surface area contributed by atoms with Gasteiger partial charge in [0.2, 0.25) is 0 Å². The summed E-state index contributed by atoms with van der Waals surface area (Å²) in [5.41, 5.74) is -0.0224. The minimum atomic E-state index is -4.29. The van der Waals surface area contributed by atoms with E-state index in [0.717, 1.165) is 6.20 Å². The Morgan fingerprint density at radius 2 is 2.24 bits per heavy atom. The SMILES string of the molecule is CC(CC(F)(F)F)Nc1ccncc1C(=O)O. The zero-order chi connectivity index (χ0) is 13.1. The van der Waals surface area contributed by atoms with Crippen LogP contribution in [0.2, 0.25) is 0 Å². The molecule has 7 heteroatoms. The van der Waals surface area contributed by atoms with Crippen molar-refractivity contribution in [2.75, 3.05) is 5.32 Å². The molecule has 0 amide bonds. The number of nitrogens with zero attached hydrogens (tertiary/aromatic N) is 1. The number of halogens is 3. The van der Waals surface area contributed by atoms with Crippen molar-refractivity contribution in [3.05, 3.63) is 24.0 Å². The van der Waals surface area contributed by atoms with Crippen molar-refractivity contribution >= 4 is 11.7 Å². The Balaban J connectivity index is 2.78. The normalized spacial score (nSPS) is 13.2. The van der Waals surface area contributed by atoms with E-state index in [9.17, 15) is 18.0 Å². The maximum absolute atomic E-state index is 12.1. The van der Waals surface area contributed by atoms with E-state index in [1.807, 2.05) is 0 Å². The molecular formula is C10H11F3N2O2. The lowest BCUT2D eigenvalue weighted by atomic mass is 10.2. The average molecular weight is 248 g/mol. The number of aromatic nitrogens is 1. The standard InChI is InChI=1S/C10H11F3N2O2/c1-6(4-10(11,12)13)15-8-2-3-14-5-7(8)9(16)17/h2-3,5-6H,4H2,1H3,(H,14,15)(H,16,17). The Morgan fingerprint density at radius 1 is 1.59 bits per heavy atom. The number of pyridine rings is 1. The molecule has 2 N–H and O–H groups in total. The van der Waals surface area contributed by atoms with Gasteiger partial charge in [0, 0.05) is 18.4 Å². The van der Waals surface area contributed by atoms with Crippen molar-refractivity contribution in [1.82, 2.24) is 4.98 Å². The van der Waals surface area contributed by atoms with Gasteiger partial charge in [-0.3, -0.25) is 4.98 Å². The zero-order valence-electron chi connectivity index (χ0n) is 8.95. The van der Waals surface area contributed by atoms with E-state index in [0.29, 0.717) is 0 Å². The number of hydrogen-bond donors (Lipinski definition) is 2. The van der Waals surface area contributed by atoms with Gasteiger partial charge in [-0.2, -0.15) is 13.2 Å². The number of aromatic carboxylic acids is 1. The first-order valence-corrected chi connectivity index (χ1v) is 4.80. The second-order valence-corrected chi connectivity index (χ2v) is 3.59. The fourth-order valence-corrected chi connectivity index (χ4v) is 1.35. The third-order valence-electron chi connectivity index (χ3n) is 1.99. The minimum absolute atomic E-state index is 0.129. The van der Waals surface area contributed by atoms with Crippen LogP contribution in [0.3, 0.4) is 0 Å². The number of carboxylic acid groups (broad SMARTS) is 1. The lowest BCUT2D eigenvalue weighted by molar-refractivity contribution is -0.136. The van der Waals surface area contributed by atoms with Crippen LogP contribution in [0.25, 0.3) is 0 Å². The van der Waals surface area contributed by atoms with E-state index in [1.54, 1.807) is 0 Å². The first-order chi connectivity index (χ1) is 7.79. The molecule has 0 radical (unpaired) electrons. The summed E-state index contributed by atoms with van der Waals surface area (Å²) < 4.78 is 36.3. The molecule has 0 aromatic carbocycles. The Hall–Kier alpha value is -1.79. The summed E-state index contributed by atoms with van der Waals surface area (Å²) in [7, 11) is 0. The molecule has 4 nitrogen and oxygen atoms in total. The third-order valence-corrected chi connectivity index (χ3v) is 1.99. The number of carbonyl (C=O) groups is 1. The summed E-state index contributed by atoms with van der Waals surface area (Å²) in [6.07, 6.45) is -2.92. The number of carboxylic acids is 1. The van der Waals surface area contributed by atoms with Gasteiger partial charge in [-0.1, -0.05) is 0 Å². The van der Waals surface area contributed by atoms with Gasteiger partial charge in [-0.15, -0.1) is 0 Å². The molecule has 0 aliphatic carbocycles. The van der Waals surface area contributed by atoms with Crippen LogP contribution in [0.15, 0.2) is 18.5 Å². The smallest absolute Gasteiger partial charge is 0.391 e. The lowest BCUT2D eigenvalue weighted by Crippen LogP contribution is -2.24. The van der Waals surface area contributed by atoms with E-state index < -0.39 is 24.6 Å². The monoisotopic (exact) mass is 248 g/mol. The van der Waals surface area contributed by atoms with Crippen LogP contribution in [0.4, 0.5) is 18.9 Å². The Morgan fingerprint density at radius 3 is 2.76 bits per heavy atom. The highest BCUT2D eigenvalue weighted by atomic mass is 19.4. The fraction of sp³-hybridized carbons (Fsp3) is 0.400. The predicted octanol–water partition coefficient (Wildman–Crippen LogP) is 2.53. The van der Waals surface area contributed by atoms with Crippen molar-refractivity contribution in [2.45, 2.75) is 25.6 Å². The largest absolute Gasteiger partial charge is 0.478 e. The van der Waals surface area contributed by atoms with E-state index in [1.165, 1.54) is 19.2 Å².